The maximum atomic E-state index is 10.3. The lowest BCUT2D eigenvalue weighted by Gasteiger charge is -2.47. The van der Waals surface area contributed by atoms with Crippen LogP contribution in [0.2, 0.25) is 0 Å². The molecule has 0 aromatic rings. The van der Waals surface area contributed by atoms with Gasteiger partial charge in [0.2, 0.25) is 0 Å². The third-order valence-corrected chi connectivity index (χ3v) is 12.4. The van der Waals surface area contributed by atoms with Gasteiger partial charge >= 0.3 is 0 Å². The van der Waals surface area contributed by atoms with Crippen LogP contribution in [0.5, 0.6) is 0 Å². The lowest BCUT2D eigenvalue weighted by molar-refractivity contribution is -0.108. The van der Waals surface area contributed by atoms with Gasteiger partial charge < -0.3 is 19.8 Å². The summed E-state index contributed by atoms with van der Waals surface area (Å²) in [6.45, 7) is 5.58. The second-order valence-corrected chi connectivity index (χ2v) is 17.6. The quantitative estimate of drug-likeness (QED) is 0.0503. The van der Waals surface area contributed by atoms with E-state index in [1.165, 1.54) is 193 Å². The molecule has 2 fully saturated rings. The Bertz CT molecular complexity index is 690. The summed E-state index contributed by atoms with van der Waals surface area (Å²) >= 11 is 0. The molecule has 0 aliphatic heterocycles. The highest BCUT2D eigenvalue weighted by Gasteiger charge is 2.41. The van der Waals surface area contributed by atoms with Gasteiger partial charge in [-0.1, -0.05) is 155 Å². The number of aliphatic hydroxyl groups is 2. The van der Waals surface area contributed by atoms with Gasteiger partial charge in [0.25, 0.3) is 0 Å². The van der Waals surface area contributed by atoms with Crippen LogP contribution in [0.15, 0.2) is 0 Å². The van der Waals surface area contributed by atoms with Crippen molar-refractivity contribution in [2.75, 3.05) is 13.2 Å². The van der Waals surface area contributed by atoms with Crippen molar-refractivity contribution in [1.82, 2.24) is 0 Å². The van der Waals surface area contributed by atoms with E-state index in [4.69, 9.17) is 10.2 Å². The zero-order chi connectivity index (χ0) is 36.4. The van der Waals surface area contributed by atoms with Gasteiger partial charge in [-0.25, -0.2) is 0 Å². The van der Waals surface area contributed by atoms with E-state index in [-0.39, 0.29) is 0 Å². The molecule has 50 heavy (non-hydrogen) atoms. The Morgan fingerprint density at radius 2 is 0.600 bits per heavy atom. The Kier molecular flexibility index (Phi) is 31.1. The predicted molar refractivity (Wildman–Crippen MR) is 216 cm³/mol. The number of rotatable bonds is 36. The number of carbonyl (C=O) groups excluding carboxylic acids is 2. The molecule has 0 unspecified atom stereocenters. The van der Waals surface area contributed by atoms with Gasteiger partial charge in [0.05, 0.1) is 0 Å². The summed E-state index contributed by atoms with van der Waals surface area (Å²) in [5, 5.41) is 17.6. The Labute approximate surface area is 312 Å². The summed E-state index contributed by atoms with van der Waals surface area (Å²) in [6, 6.07) is 0. The molecule has 0 radical (unpaired) electrons. The fourth-order valence-corrected chi connectivity index (χ4v) is 9.76. The minimum atomic E-state index is 0.364. The van der Waals surface area contributed by atoms with Crippen molar-refractivity contribution in [3.05, 3.63) is 0 Å². The minimum absolute atomic E-state index is 0.364. The normalized spacial score (nSPS) is 16.7. The van der Waals surface area contributed by atoms with E-state index in [9.17, 15) is 9.59 Å². The van der Waals surface area contributed by atoms with Gasteiger partial charge in [0.1, 0.15) is 12.6 Å². The van der Waals surface area contributed by atoms with Gasteiger partial charge in [-0.05, 0) is 99.7 Å². The number of hydrogen-bond acceptors (Lipinski definition) is 4. The first kappa shape index (κ1) is 47.3. The minimum Gasteiger partial charge on any atom is -0.396 e. The van der Waals surface area contributed by atoms with E-state index < -0.39 is 0 Å². The zero-order valence-corrected chi connectivity index (χ0v) is 33.9. The van der Waals surface area contributed by atoms with Gasteiger partial charge in [-0.2, -0.15) is 0 Å². The molecule has 0 heterocycles. The summed E-state index contributed by atoms with van der Waals surface area (Å²) in [4.78, 5) is 20.6. The molecule has 4 nitrogen and oxygen atoms in total. The van der Waals surface area contributed by atoms with Crippen molar-refractivity contribution in [1.29, 1.82) is 0 Å². The fourth-order valence-electron chi connectivity index (χ4n) is 9.76. The third kappa shape index (κ3) is 25.3. The molecule has 2 rings (SSSR count). The van der Waals surface area contributed by atoms with Crippen molar-refractivity contribution < 1.29 is 19.8 Å². The smallest absolute Gasteiger partial charge is 0.119 e. The van der Waals surface area contributed by atoms with E-state index in [0.717, 1.165) is 62.9 Å². The summed E-state index contributed by atoms with van der Waals surface area (Å²) in [6.07, 6.45) is 49.1. The van der Waals surface area contributed by atoms with E-state index in [0.29, 0.717) is 24.0 Å². The molecule has 0 atom stereocenters. The molecule has 2 N–H and O–H groups in total. The average molecular weight is 705 g/mol. The second-order valence-electron chi connectivity index (χ2n) is 17.6. The molecule has 0 saturated heterocycles. The van der Waals surface area contributed by atoms with E-state index in [2.05, 4.69) is 13.8 Å². The van der Waals surface area contributed by atoms with Gasteiger partial charge in [-0.3, -0.25) is 0 Å². The molecule has 2 saturated carbocycles. The highest BCUT2D eigenvalue weighted by Crippen LogP contribution is 2.53. The Hall–Kier alpha value is -0.740. The number of aliphatic hydroxyl groups excluding tert-OH is 2. The van der Waals surface area contributed by atoms with Crippen LogP contribution in [-0.2, 0) is 9.59 Å². The molecular weight excluding hydrogens is 617 g/mol. The van der Waals surface area contributed by atoms with Crippen LogP contribution < -0.4 is 0 Å². The number of unbranched alkanes of at least 4 members (excludes halogenated alkanes) is 24. The topological polar surface area (TPSA) is 74.6 Å². The van der Waals surface area contributed by atoms with Crippen molar-refractivity contribution >= 4 is 12.6 Å². The van der Waals surface area contributed by atoms with E-state index in [1.54, 1.807) is 0 Å². The molecule has 2 aliphatic carbocycles. The molecule has 0 amide bonds. The first-order valence-corrected chi connectivity index (χ1v) is 22.5. The summed E-state index contributed by atoms with van der Waals surface area (Å²) in [5.41, 5.74) is 1.40. The van der Waals surface area contributed by atoms with Crippen LogP contribution in [0.3, 0.4) is 0 Å². The van der Waals surface area contributed by atoms with Crippen LogP contribution >= 0.6 is 0 Å². The molecule has 0 bridgehead atoms. The molecule has 4 heteroatoms. The molecule has 296 valence electrons. The third-order valence-electron chi connectivity index (χ3n) is 12.4. The number of carbonyl (C=O) groups is 2. The van der Waals surface area contributed by atoms with E-state index in [1.807, 2.05) is 0 Å². The Morgan fingerprint density at radius 1 is 0.380 bits per heavy atom. The molecule has 0 aromatic carbocycles. The number of hydrogen-bond donors (Lipinski definition) is 2. The van der Waals surface area contributed by atoms with Crippen LogP contribution in [0.25, 0.3) is 0 Å². The number of aldehydes is 2. The zero-order valence-electron chi connectivity index (χ0n) is 33.9. The van der Waals surface area contributed by atoms with Crippen LogP contribution in [0.1, 0.15) is 245 Å². The van der Waals surface area contributed by atoms with Crippen LogP contribution in [0, 0.1) is 22.7 Å². The van der Waals surface area contributed by atoms with Crippen molar-refractivity contribution in [3.63, 3.8) is 0 Å². The lowest BCUT2D eigenvalue weighted by atomic mass is 9.58. The Balaban J connectivity index is 0.000000500. The molecule has 0 aromatic heterocycles. The van der Waals surface area contributed by atoms with E-state index >= 15 is 0 Å². The van der Waals surface area contributed by atoms with Gasteiger partial charge in [0, 0.05) is 26.1 Å². The fraction of sp³-hybridized carbons (Fsp3) is 0.957. The first-order valence-electron chi connectivity index (χ1n) is 22.5. The molecule has 0 spiro atoms. The van der Waals surface area contributed by atoms with Crippen LogP contribution in [-0.4, -0.2) is 36.0 Å². The van der Waals surface area contributed by atoms with Gasteiger partial charge in [0.15, 0.2) is 0 Å². The molecular formula is C46H88O4. The van der Waals surface area contributed by atoms with Crippen molar-refractivity contribution in [2.45, 2.75) is 245 Å². The lowest BCUT2D eigenvalue weighted by Crippen LogP contribution is -2.35. The monoisotopic (exact) mass is 705 g/mol. The highest BCUT2D eigenvalue weighted by atomic mass is 16.3. The summed E-state index contributed by atoms with van der Waals surface area (Å²) in [7, 11) is 0. The van der Waals surface area contributed by atoms with Crippen molar-refractivity contribution in [2.24, 2.45) is 22.7 Å². The van der Waals surface area contributed by atoms with Gasteiger partial charge in [-0.15, -0.1) is 0 Å². The summed E-state index contributed by atoms with van der Waals surface area (Å²) in [5.74, 6) is 1.92. The highest BCUT2D eigenvalue weighted by molar-refractivity contribution is 5.49. The standard InChI is InChI=1S/C23H46O2.C23H42O2/c2*1-22-20-23(21-22,16-12-8-4-2-6-10-14-18-24)17-13-9-5-3-7-11-15-19-25/h22,24-25H,2-21H2,1H3;18-19,22H,2-17,20-21H2,1H3. The average Bonchev–Trinajstić information content (AvgIpc) is 3.08. The van der Waals surface area contributed by atoms with Crippen molar-refractivity contribution in [3.8, 4) is 0 Å². The largest absolute Gasteiger partial charge is 0.396 e. The SMILES string of the molecule is CC1CC(CCCCCCCCC=O)(CCCCCCCCC=O)C1.CC1CC(CCCCCCCCCO)(CCCCCCCCCO)C1. The van der Waals surface area contributed by atoms with Crippen LogP contribution in [0.4, 0.5) is 0 Å². The predicted octanol–water partition coefficient (Wildman–Crippen LogP) is 13.7. The Morgan fingerprint density at radius 3 is 0.820 bits per heavy atom. The maximum Gasteiger partial charge on any atom is 0.119 e. The first-order chi connectivity index (χ1) is 24.4. The maximum absolute atomic E-state index is 10.3. The second kappa shape index (κ2) is 32.9. The summed E-state index contributed by atoms with van der Waals surface area (Å²) < 4.78 is 0. The molecule has 2 aliphatic rings.